The number of hydrogen-bond donors (Lipinski definition) is 0. The van der Waals surface area contributed by atoms with Gasteiger partial charge in [0.15, 0.2) is 0 Å². The van der Waals surface area contributed by atoms with Gasteiger partial charge in [0.1, 0.15) is 12.0 Å². The van der Waals surface area contributed by atoms with Crippen molar-refractivity contribution in [3.63, 3.8) is 0 Å². The maximum Gasteiger partial charge on any atom is 0.149 e. The minimum Gasteiger partial charge on any atom is -0.496 e. The van der Waals surface area contributed by atoms with E-state index < -0.39 is 0 Å². The van der Waals surface area contributed by atoms with Crippen molar-refractivity contribution >= 4 is 6.29 Å². The Hall–Kier alpha value is -1.05. The largest absolute Gasteiger partial charge is 0.496 e. The van der Waals surface area contributed by atoms with Gasteiger partial charge in [0.05, 0.1) is 7.11 Å². The summed E-state index contributed by atoms with van der Waals surface area (Å²) < 4.78 is 4.90. The van der Waals surface area contributed by atoms with Crippen molar-refractivity contribution in [2.24, 2.45) is 0 Å². The quantitative estimate of drug-likeness (QED) is 0.258. The number of allylic oxidation sites excluding steroid dienone is 3. The summed E-state index contributed by atoms with van der Waals surface area (Å²) >= 11 is 0. The van der Waals surface area contributed by atoms with Crippen LogP contribution in [0, 0.1) is 0 Å². The van der Waals surface area contributed by atoms with Gasteiger partial charge in [-0.25, -0.2) is 0 Å². The number of ether oxygens (including phenoxy) is 1. The molecule has 2 nitrogen and oxygen atoms in total. The predicted octanol–water partition coefficient (Wildman–Crippen LogP) is 1.68. The SMILES string of the molecule is C/C=C\C(OC)=C(\C)C=O. The van der Waals surface area contributed by atoms with Crippen LogP contribution in [-0.2, 0) is 9.53 Å². The van der Waals surface area contributed by atoms with Gasteiger partial charge in [-0.15, -0.1) is 0 Å². The maximum atomic E-state index is 10.2. The molecule has 0 bridgehead atoms. The topological polar surface area (TPSA) is 26.3 Å². The van der Waals surface area contributed by atoms with Crippen LogP contribution < -0.4 is 0 Å². The fourth-order valence-corrected chi connectivity index (χ4v) is 0.570. The molecular weight excluding hydrogens is 128 g/mol. The summed E-state index contributed by atoms with van der Waals surface area (Å²) in [6, 6.07) is 0. The van der Waals surface area contributed by atoms with E-state index in [2.05, 4.69) is 0 Å². The van der Waals surface area contributed by atoms with Gasteiger partial charge < -0.3 is 4.74 Å². The van der Waals surface area contributed by atoms with Crippen LogP contribution in [0.25, 0.3) is 0 Å². The Balaban J connectivity index is 4.44. The highest BCUT2D eigenvalue weighted by Gasteiger charge is 1.94. The highest BCUT2D eigenvalue weighted by molar-refractivity contribution is 5.73. The predicted molar refractivity (Wildman–Crippen MR) is 40.6 cm³/mol. The van der Waals surface area contributed by atoms with Crippen LogP contribution in [0.15, 0.2) is 23.5 Å². The van der Waals surface area contributed by atoms with Gasteiger partial charge >= 0.3 is 0 Å². The molecule has 0 amide bonds. The maximum absolute atomic E-state index is 10.2. The molecule has 56 valence electrons. The molecule has 0 aliphatic rings. The second kappa shape index (κ2) is 4.79. The summed E-state index contributed by atoms with van der Waals surface area (Å²) in [4.78, 5) is 10.2. The molecular formula is C8H12O2. The second-order valence-corrected chi connectivity index (χ2v) is 1.87. The lowest BCUT2D eigenvalue weighted by atomic mass is 10.2. The molecule has 0 saturated heterocycles. The number of carbonyl (C=O) groups excluding carboxylic acids is 1. The molecule has 0 spiro atoms. The van der Waals surface area contributed by atoms with Crippen LogP contribution in [0.5, 0.6) is 0 Å². The minimum atomic E-state index is 0.612. The van der Waals surface area contributed by atoms with Gasteiger partial charge in [0.2, 0.25) is 0 Å². The Morgan fingerprint density at radius 1 is 1.50 bits per heavy atom. The summed E-state index contributed by atoms with van der Waals surface area (Å²) in [5, 5.41) is 0. The molecule has 2 heteroatoms. The zero-order valence-corrected chi connectivity index (χ0v) is 6.55. The zero-order chi connectivity index (χ0) is 7.98. The summed E-state index contributed by atoms with van der Waals surface area (Å²) in [6.45, 7) is 3.59. The van der Waals surface area contributed by atoms with E-state index in [1.807, 2.05) is 13.0 Å². The molecule has 0 fully saturated rings. The normalized spacial score (nSPS) is 13.1. The Labute approximate surface area is 61.2 Å². The first-order valence-corrected chi connectivity index (χ1v) is 3.09. The van der Waals surface area contributed by atoms with Crippen molar-refractivity contribution < 1.29 is 9.53 Å². The van der Waals surface area contributed by atoms with Crippen molar-refractivity contribution in [1.29, 1.82) is 0 Å². The summed E-state index contributed by atoms with van der Waals surface area (Å²) in [7, 11) is 1.54. The summed E-state index contributed by atoms with van der Waals surface area (Å²) in [5.74, 6) is 0.623. The average molecular weight is 140 g/mol. The first kappa shape index (κ1) is 8.95. The number of methoxy groups -OCH3 is 1. The summed E-state index contributed by atoms with van der Waals surface area (Å²) in [5.41, 5.74) is 0.612. The number of hydrogen-bond acceptors (Lipinski definition) is 2. The van der Waals surface area contributed by atoms with Gasteiger partial charge in [-0.2, -0.15) is 0 Å². The number of aldehydes is 1. The van der Waals surface area contributed by atoms with E-state index in [1.165, 1.54) is 0 Å². The van der Waals surface area contributed by atoms with Crippen molar-refractivity contribution in [2.45, 2.75) is 13.8 Å². The van der Waals surface area contributed by atoms with Gasteiger partial charge in [0.25, 0.3) is 0 Å². The molecule has 0 rings (SSSR count). The van der Waals surface area contributed by atoms with Crippen LogP contribution in [0.3, 0.4) is 0 Å². The van der Waals surface area contributed by atoms with Crippen LogP contribution in [0.4, 0.5) is 0 Å². The van der Waals surface area contributed by atoms with Gasteiger partial charge in [-0.1, -0.05) is 6.08 Å². The van der Waals surface area contributed by atoms with Crippen LogP contribution in [0.1, 0.15) is 13.8 Å². The van der Waals surface area contributed by atoms with Crippen molar-refractivity contribution in [2.75, 3.05) is 7.11 Å². The molecule has 10 heavy (non-hydrogen) atoms. The molecule has 0 heterocycles. The van der Waals surface area contributed by atoms with E-state index in [0.717, 1.165) is 6.29 Å². The molecule has 0 radical (unpaired) electrons. The van der Waals surface area contributed by atoms with Crippen molar-refractivity contribution in [1.82, 2.24) is 0 Å². The first-order valence-electron chi connectivity index (χ1n) is 3.09. The Morgan fingerprint density at radius 2 is 2.10 bits per heavy atom. The van der Waals surface area contributed by atoms with Crippen molar-refractivity contribution in [3.05, 3.63) is 23.5 Å². The lowest BCUT2D eigenvalue weighted by molar-refractivity contribution is -0.105. The number of carbonyl (C=O) groups is 1. The third-order valence-corrected chi connectivity index (χ3v) is 1.10. The zero-order valence-electron chi connectivity index (χ0n) is 6.55. The minimum absolute atomic E-state index is 0.612. The molecule has 0 saturated carbocycles. The Kier molecular flexibility index (Phi) is 4.29. The standard InChI is InChI=1S/C8H12O2/c1-4-5-8(10-3)7(2)6-9/h4-6H,1-3H3/b5-4-,8-7+. The fourth-order valence-electron chi connectivity index (χ4n) is 0.570. The van der Waals surface area contributed by atoms with E-state index in [-0.39, 0.29) is 0 Å². The lowest BCUT2D eigenvalue weighted by Gasteiger charge is -1.99. The highest BCUT2D eigenvalue weighted by atomic mass is 16.5. The third kappa shape index (κ3) is 2.49. The van der Waals surface area contributed by atoms with E-state index in [9.17, 15) is 4.79 Å². The lowest BCUT2D eigenvalue weighted by Crippen LogP contribution is -1.88. The Bertz CT molecular complexity index is 166. The molecule has 0 aromatic rings. The molecule has 0 aliphatic carbocycles. The Morgan fingerprint density at radius 3 is 2.40 bits per heavy atom. The van der Waals surface area contributed by atoms with Crippen molar-refractivity contribution in [3.8, 4) is 0 Å². The van der Waals surface area contributed by atoms with Crippen LogP contribution in [-0.4, -0.2) is 13.4 Å². The van der Waals surface area contributed by atoms with Crippen LogP contribution in [0.2, 0.25) is 0 Å². The smallest absolute Gasteiger partial charge is 0.149 e. The van der Waals surface area contributed by atoms with E-state index >= 15 is 0 Å². The highest BCUT2D eigenvalue weighted by Crippen LogP contribution is 2.03. The second-order valence-electron chi connectivity index (χ2n) is 1.87. The van der Waals surface area contributed by atoms with E-state index in [1.54, 1.807) is 20.1 Å². The van der Waals surface area contributed by atoms with Gasteiger partial charge in [0, 0.05) is 5.57 Å². The molecule has 0 atom stereocenters. The first-order chi connectivity index (χ1) is 4.76. The monoisotopic (exact) mass is 140 g/mol. The molecule has 0 aromatic heterocycles. The number of rotatable bonds is 3. The van der Waals surface area contributed by atoms with E-state index in [0.29, 0.717) is 11.3 Å². The summed E-state index contributed by atoms with van der Waals surface area (Å²) in [6.07, 6.45) is 4.36. The van der Waals surface area contributed by atoms with Crippen LogP contribution >= 0.6 is 0 Å². The molecule has 0 aromatic carbocycles. The van der Waals surface area contributed by atoms with Gasteiger partial charge in [-0.05, 0) is 19.9 Å². The third-order valence-electron chi connectivity index (χ3n) is 1.10. The molecule has 0 N–H and O–H groups in total. The molecule has 0 aliphatic heterocycles. The van der Waals surface area contributed by atoms with E-state index in [4.69, 9.17) is 4.74 Å². The average Bonchev–Trinajstić information content (AvgIpc) is 1.99. The van der Waals surface area contributed by atoms with Gasteiger partial charge in [-0.3, -0.25) is 4.79 Å². The fraction of sp³-hybridized carbons (Fsp3) is 0.375. The molecule has 0 unspecified atom stereocenters.